The SMILES string of the molecule is CC(=O)OO[C@]1([C@@H]2NC(=O)[C@@H]2[C@@H](C)O[Si](C)(C)C(C)(C)C)C=CC(=O)O1. The van der Waals surface area contributed by atoms with Crippen LogP contribution < -0.4 is 5.32 Å². The van der Waals surface area contributed by atoms with Gasteiger partial charge in [-0.1, -0.05) is 20.8 Å². The van der Waals surface area contributed by atoms with Crippen LogP contribution in [0.2, 0.25) is 18.1 Å². The number of rotatable bonds is 6. The van der Waals surface area contributed by atoms with Gasteiger partial charge in [0.05, 0.1) is 12.0 Å². The number of ether oxygens (including phenoxy) is 1. The highest BCUT2D eigenvalue weighted by Gasteiger charge is 2.60. The Kier molecular flexibility index (Phi) is 5.38. The van der Waals surface area contributed by atoms with Crippen molar-refractivity contribution in [2.24, 2.45) is 5.92 Å². The molecule has 26 heavy (non-hydrogen) atoms. The number of amides is 1. The summed E-state index contributed by atoms with van der Waals surface area (Å²) in [6.07, 6.45) is 2.08. The van der Waals surface area contributed by atoms with Gasteiger partial charge in [0.25, 0.3) is 5.79 Å². The third kappa shape index (κ3) is 3.84. The standard InChI is InChI=1S/C17H27NO7Si/c1-10(24-26(6,7)16(3,4)5)13-14(18-15(13)21)17(25-23-11(2)19)9-8-12(20)22-17/h8-10,13-14H,1-7H3,(H,18,21)/t10-,13-,14-,17+/m1/s1. The molecule has 2 heterocycles. The number of hydrogen-bond acceptors (Lipinski definition) is 7. The predicted molar refractivity (Wildman–Crippen MR) is 94.0 cm³/mol. The summed E-state index contributed by atoms with van der Waals surface area (Å²) < 4.78 is 11.5. The van der Waals surface area contributed by atoms with E-state index in [-0.39, 0.29) is 10.9 Å². The summed E-state index contributed by atoms with van der Waals surface area (Å²) in [5, 5.41) is 2.65. The van der Waals surface area contributed by atoms with E-state index in [2.05, 4.69) is 44.1 Å². The van der Waals surface area contributed by atoms with Crippen molar-refractivity contribution in [2.75, 3.05) is 0 Å². The van der Waals surface area contributed by atoms with Crippen molar-refractivity contribution >= 4 is 26.2 Å². The molecular weight excluding hydrogens is 358 g/mol. The first kappa shape index (κ1) is 20.6. The van der Waals surface area contributed by atoms with Crippen LogP contribution in [0.15, 0.2) is 12.2 Å². The molecule has 0 bridgehead atoms. The second-order valence-electron chi connectivity index (χ2n) is 8.23. The van der Waals surface area contributed by atoms with Crippen molar-refractivity contribution in [3.05, 3.63) is 12.2 Å². The fraction of sp³-hybridized carbons (Fsp3) is 0.706. The van der Waals surface area contributed by atoms with Gasteiger partial charge in [-0.25, -0.2) is 9.59 Å². The van der Waals surface area contributed by atoms with Crippen LogP contribution in [-0.4, -0.2) is 44.1 Å². The average Bonchev–Trinajstić information content (AvgIpc) is 2.82. The molecule has 146 valence electrons. The summed E-state index contributed by atoms with van der Waals surface area (Å²) in [6, 6.07) is -0.725. The van der Waals surface area contributed by atoms with E-state index in [0.717, 1.165) is 6.92 Å². The Balaban J connectivity index is 2.20. The molecule has 0 aliphatic carbocycles. The molecule has 0 radical (unpaired) electrons. The zero-order valence-corrected chi connectivity index (χ0v) is 17.2. The van der Waals surface area contributed by atoms with Crippen LogP contribution in [0.4, 0.5) is 0 Å². The maximum Gasteiger partial charge on any atom is 0.339 e. The lowest BCUT2D eigenvalue weighted by molar-refractivity contribution is -0.384. The molecule has 1 fully saturated rings. The number of esters is 1. The van der Waals surface area contributed by atoms with Crippen molar-refractivity contribution in [2.45, 2.75) is 70.7 Å². The molecule has 0 aromatic heterocycles. The van der Waals surface area contributed by atoms with Crippen LogP contribution in [0, 0.1) is 5.92 Å². The first-order chi connectivity index (χ1) is 11.8. The summed E-state index contributed by atoms with van der Waals surface area (Å²) in [7, 11) is -2.12. The minimum Gasteiger partial charge on any atom is -0.420 e. The highest BCUT2D eigenvalue weighted by atomic mass is 28.4. The molecular formula is C17H27NO7Si. The molecule has 0 unspecified atom stereocenters. The van der Waals surface area contributed by atoms with Gasteiger partial charge in [0.1, 0.15) is 6.04 Å². The number of carbonyl (C=O) groups is 3. The molecule has 2 aliphatic heterocycles. The average molecular weight is 385 g/mol. The third-order valence-electron chi connectivity index (χ3n) is 5.19. The zero-order valence-electron chi connectivity index (χ0n) is 16.2. The molecule has 9 heteroatoms. The molecule has 1 amide bonds. The maximum absolute atomic E-state index is 12.2. The smallest absolute Gasteiger partial charge is 0.339 e. The molecule has 2 aliphatic rings. The van der Waals surface area contributed by atoms with Gasteiger partial charge >= 0.3 is 11.9 Å². The maximum atomic E-state index is 12.2. The topological polar surface area (TPSA) is 100 Å². The minimum atomic E-state index is -2.12. The van der Waals surface area contributed by atoms with Crippen LogP contribution >= 0.6 is 0 Å². The Morgan fingerprint density at radius 2 is 1.96 bits per heavy atom. The van der Waals surface area contributed by atoms with Crippen molar-refractivity contribution in [1.29, 1.82) is 0 Å². The fourth-order valence-electron chi connectivity index (χ4n) is 2.74. The van der Waals surface area contributed by atoms with Crippen LogP contribution in [0.1, 0.15) is 34.6 Å². The normalized spacial score (nSPS) is 29.7. The van der Waals surface area contributed by atoms with Crippen LogP contribution in [-0.2, 0) is 33.3 Å². The van der Waals surface area contributed by atoms with Crippen LogP contribution in [0.25, 0.3) is 0 Å². The lowest BCUT2D eigenvalue weighted by Crippen LogP contribution is -2.72. The molecule has 8 nitrogen and oxygen atoms in total. The number of carbonyl (C=O) groups excluding carboxylic acids is 3. The van der Waals surface area contributed by atoms with Crippen LogP contribution in [0.5, 0.6) is 0 Å². The molecule has 0 aromatic rings. The summed E-state index contributed by atoms with van der Waals surface area (Å²) in [6.45, 7) is 13.5. The Hall–Kier alpha value is -1.71. The Bertz CT molecular complexity index is 640. The van der Waals surface area contributed by atoms with Crippen molar-refractivity contribution in [3.8, 4) is 0 Å². The summed E-state index contributed by atoms with van der Waals surface area (Å²) in [4.78, 5) is 44.7. The van der Waals surface area contributed by atoms with Crippen molar-refractivity contribution < 1.29 is 33.3 Å². The monoisotopic (exact) mass is 385 g/mol. The molecule has 0 spiro atoms. The molecule has 1 saturated heterocycles. The van der Waals surface area contributed by atoms with Gasteiger partial charge in [-0.3, -0.25) is 9.68 Å². The molecule has 0 aromatic carbocycles. The highest BCUT2D eigenvalue weighted by molar-refractivity contribution is 6.74. The highest BCUT2D eigenvalue weighted by Crippen LogP contribution is 2.41. The van der Waals surface area contributed by atoms with Gasteiger partial charge in [0.15, 0.2) is 8.32 Å². The van der Waals surface area contributed by atoms with E-state index in [1.807, 2.05) is 6.92 Å². The second kappa shape index (κ2) is 6.79. The Morgan fingerprint density at radius 1 is 1.35 bits per heavy atom. The van der Waals surface area contributed by atoms with E-state index >= 15 is 0 Å². The first-order valence-corrected chi connectivity index (χ1v) is 11.5. The largest absolute Gasteiger partial charge is 0.420 e. The van der Waals surface area contributed by atoms with E-state index < -0.39 is 44.1 Å². The van der Waals surface area contributed by atoms with Crippen molar-refractivity contribution in [1.82, 2.24) is 5.32 Å². The lowest BCUT2D eigenvalue weighted by Gasteiger charge is -2.48. The van der Waals surface area contributed by atoms with Gasteiger partial charge in [0.2, 0.25) is 5.91 Å². The Morgan fingerprint density at radius 3 is 2.38 bits per heavy atom. The summed E-state index contributed by atoms with van der Waals surface area (Å²) in [5.41, 5.74) is 0. The molecule has 1 N–H and O–H groups in total. The number of β-lactam (4-membered cyclic amide) rings is 1. The third-order valence-corrected chi connectivity index (χ3v) is 9.76. The van der Waals surface area contributed by atoms with E-state index in [1.165, 1.54) is 12.2 Å². The fourth-order valence-corrected chi connectivity index (χ4v) is 4.17. The second-order valence-corrected chi connectivity index (χ2v) is 13.0. The quantitative estimate of drug-likeness (QED) is 0.245. The first-order valence-electron chi connectivity index (χ1n) is 8.56. The minimum absolute atomic E-state index is 0.0252. The van der Waals surface area contributed by atoms with E-state index in [0.29, 0.717) is 0 Å². The van der Waals surface area contributed by atoms with E-state index in [9.17, 15) is 14.4 Å². The number of nitrogens with one attached hydrogen (secondary N) is 1. The van der Waals surface area contributed by atoms with Gasteiger partial charge in [-0.05, 0) is 25.1 Å². The molecule has 0 saturated carbocycles. The van der Waals surface area contributed by atoms with Gasteiger partial charge in [-0.15, -0.1) is 4.89 Å². The van der Waals surface area contributed by atoms with Gasteiger partial charge in [-0.2, -0.15) is 0 Å². The summed E-state index contributed by atoms with van der Waals surface area (Å²) >= 11 is 0. The molecule has 2 rings (SSSR count). The van der Waals surface area contributed by atoms with Crippen LogP contribution in [0.3, 0.4) is 0 Å². The zero-order chi connectivity index (χ0) is 19.9. The van der Waals surface area contributed by atoms with Gasteiger partial charge < -0.3 is 14.5 Å². The van der Waals surface area contributed by atoms with Gasteiger partial charge in [0, 0.05) is 19.1 Å². The molecule has 4 atom stereocenters. The number of cyclic esters (lactones) is 1. The lowest BCUT2D eigenvalue weighted by atomic mass is 9.81. The number of hydrogen-bond donors (Lipinski definition) is 1. The van der Waals surface area contributed by atoms with E-state index in [4.69, 9.17) is 14.1 Å². The Labute approximate surface area is 154 Å². The summed E-state index contributed by atoms with van der Waals surface area (Å²) in [5.74, 6) is -3.88. The van der Waals surface area contributed by atoms with Crippen molar-refractivity contribution in [3.63, 3.8) is 0 Å². The predicted octanol–water partition coefficient (Wildman–Crippen LogP) is 1.82. The van der Waals surface area contributed by atoms with E-state index in [1.54, 1.807) is 0 Å².